The summed E-state index contributed by atoms with van der Waals surface area (Å²) in [7, 11) is 0. The highest BCUT2D eigenvalue weighted by Gasteiger charge is 2.65. The minimum atomic E-state index is -1.54. The SMILES string of the molecule is [2H][C@@](O)(/C=C/[C@@H](C)[C@H]1CCC2C3C(CC[C@@]21C)[C@@]1(C)CCC2(C[C@@H]1C[C@H]3OC(=O)c1ccccc1)OCCO2)C(C)C. The summed E-state index contributed by atoms with van der Waals surface area (Å²) in [6.07, 6.45) is 10.6. The van der Waals surface area contributed by atoms with Crippen molar-refractivity contribution in [2.75, 3.05) is 13.2 Å². The summed E-state index contributed by atoms with van der Waals surface area (Å²) in [5, 5.41) is 10.6. The summed E-state index contributed by atoms with van der Waals surface area (Å²) in [6, 6.07) is 9.46. The fraction of sp³-hybridized carbons (Fsp3) is 0.750. The van der Waals surface area contributed by atoms with Crippen LogP contribution in [-0.4, -0.2) is 42.3 Å². The van der Waals surface area contributed by atoms with Gasteiger partial charge in [0.25, 0.3) is 0 Å². The van der Waals surface area contributed by atoms with Gasteiger partial charge in [-0.05, 0) is 97.0 Å². The monoisotopic (exact) mass is 565 g/mol. The van der Waals surface area contributed by atoms with Crippen molar-refractivity contribution in [1.29, 1.82) is 0 Å². The Morgan fingerprint density at radius 2 is 1.71 bits per heavy atom. The lowest BCUT2D eigenvalue weighted by atomic mass is 9.43. The lowest BCUT2D eigenvalue weighted by Crippen LogP contribution is -2.60. The van der Waals surface area contributed by atoms with Gasteiger partial charge in [-0.3, -0.25) is 0 Å². The van der Waals surface area contributed by atoms with E-state index in [2.05, 4.69) is 26.8 Å². The molecular formula is C36H52O5. The normalized spacial score (nSPS) is 42.3. The van der Waals surface area contributed by atoms with Gasteiger partial charge >= 0.3 is 5.97 Å². The van der Waals surface area contributed by atoms with E-state index < -0.39 is 11.9 Å². The zero-order valence-corrected chi connectivity index (χ0v) is 25.8. The Balaban J connectivity index is 1.30. The number of hydrogen-bond donors (Lipinski definition) is 1. The molecule has 4 aliphatic carbocycles. The molecule has 4 saturated carbocycles. The van der Waals surface area contributed by atoms with E-state index in [1.165, 1.54) is 6.42 Å². The molecule has 5 heteroatoms. The van der Waals surface area contributed by atoms with Gasteiger partial charge in [0.2, 0.25) is 0 Å². The Bertz CT molecular complexity index is 1160. The molecule has 226 valence electrons. The van der Waals surface area contributed by atoms with Crippen LogP contribution in [0, 0.1) is 52.3 Å². The van der Waals surface area contributed by atoms with E-state index >= 15 is 0 Å². The Labute approximate surface area is 248 Å². The lowest BCUT2D eigenvalue weighted by molar-refractivity contribution is -0.242. The fourth-order valence-corrected chi connectivity index (χ4v) is 10.3. The largest absolute Gasteiger partial charge is 0.458 e. The van der Waals surface area contributed by atoms with Crippen molar-refractivity contribution in [3.63, 3.8) is 0 Å². The first-order valence-corrected chi connectivity index (χ1v) is 16.3. The maximum atomic E-state index is 13.5. The zero-order chi connectivity index (χ0) is 29.9. The van der Waals surface area contributed by atoms with Gasteiger partial charge in [0.05, 0.1) is 26.2 Å². The summed E-state index contributed by atoms with van der Waals surface area (Å²) in [4.78, 5) is 13.5. The molecule has 10 atom stereocenters. The van der Waals surface area contributed by atoms with E-state index in [9.17, 15) is 9.90 Å². The van der Waals surface area contributed by atoms with Crippen molar-refractivity contribution in [3.05, 3.63) is 48.0 Å². The average molecular weight is 566 g/mol. The molecule has 0 bridgehead atoms. The molecular weight excluding hydrogens is 512 g/mol. The topological polar surface area (TPSA) is 65.0 Å². The first kappa shape index (κ1) is 28.1. The van der Waals surface area contributed by atoms with Gasteiger partial charge in [-0.2, -0.15) is 0 Å². The van der Waals surface area contributed by atoms with Crippen LogP contribution in [0.3, 0.4) is 0 Å². The summed E-state index contributed by atoms with van der Waals surface area (Å²) < 4.78 is 27.3. The van der Waals surface area contributed by atoms with E-state index in [1.54, 1.807) is 6.08 Å². The van der Waals surface area contributed by atoms with Crippen LogP contribution in [-0.2, 0) is 14.2 Å². The third-order valence-corrected chi connectivity index (χ3v) is 12.6. The molecule has 1 heterocycles. The van der Waals surface area contributed by atoms with Gasteiger partial charge in [0.1, 0.15) is 6.10 Å². The number of hydrogen-bond acceptors (Lipinski definition) is 5. The molecule has 1 aromatic carbocycles. The number of ether oxygens (including phenoxy) is 3. The molecule has 5 nitrogen and oxygen atoms in total. The van der Waals surface area contributed by atoms with Crippen molar-refractivity contribution in [1.82, 2.24) is 0 Å². The van der Waals surface area contributed by atoms with Gasteiger partial charge in [0, 0.05) is 18.8 Å². The first-order valence-electron chi connectivity index (χ1n) is 16.8. The molecule has 1 spiro atoms. The molecule has 0 amide bonds. The van der Waals surface area contributed by atoms with E-state index in [0.29, 0.717) is 48.4 Å². The van der Waals surface area contributed by atoms with E-state index in [-0.39, 0.29) is 34.7 Å². The average Bonchev–Trinajstić information content (AvgIpc) is 3.57. The van der Waals surface area contributed by atoms with Crippen LogP contribution < -0.4 is 0 Å². The molecule has 1 N–H and O–H groups in total. The Hall–Kier alpha value is -1.69. The number of carbonyl (C=O) groups excluding carboxylic acids is 1. The minimum Gasteiger partial charge on any atom is -0.458 e. The van der Waals surface area contributed by atoms with E-state index in [4.69, 9.17) is 15.6 Å². The summed E-state index contributed by atoms with van der Waals surface area (Å²) in [5.41, 5.74) is 0.946. The molecule has 6 rings (SSSR count). The molecule has 5 aliphatic rings. The highest BCUT2D eigenvalue weighted by molar-refractivity contribution is 5.89. The maximum Gasteiger partial charge on any atom is 0.338 e. The van der Waals surface area contributed by atoms with Gasteiger partial charge in [-0.1, -0.05) is 65.0 Å². The van der Waals surface area contributed by atoms with E-state index in [1.807, 2.05) is 44.2 Å². The molecule has 3 unspecified atom stereocenters. The second-order valence-corrected chi connectivity index (χ2v) is 14.9. The third kappa shape index (κ3) is 5.12. The number of carbonyl (C=O) groups is 1. The second-order valence-electron chi connectivity index (χ2n) is 14.9. The number of allylic oxidation sites excluding steroid dienone is 1. The number of rotatable bonds is 6. The summed E-state index contributed by atoms with van der Waals surface area (Å²) >= 11 is 0. The molecule has 0 radical (unpaired) electrons. The third-order valence-electron chi connectivity index (χ3n) is 12.6. The number of aliphatic hydroxyl groups is 1. The van der Waals surface area contributed by atoms with Gasteiger partial charge < -0.3 is 19.3 Å². The van der Waals surface area contributed by atoms with Gasteiger partial charge in [-0.25, -0.2) is 4.79 Å². The summed E-state index contributed by atoms with van der Waals surface area (Å²) in [5.74, 6) is 1.66. The fourth-order valence-electron chi connectivity index (χ4n) is 10.3. The Kier molecular flexibility index (Phi) is 7.61. The van der Waals surface area contributed by atoms with Crippen LogP contribution in [0.15, 0.2) is 42.5 Å². The zero-order valence-electron chi connectivity index (χ0n) is 26.8. The smallest absolute Gasteiger partial charge is 0.338 e. The van der Waals surface area contributed by atoms with Crippen LogP contribution in [0.2, 0.25) is 0 Å². The van der Waals surface area contributed by atoms with Crippen molar-refractivity contribution < 1.29 is 25.5 Å². The quantitative estimate of drug-likeness (QED) is 0.287. The second kappa shape index (κ2) is 11.1. The Morgan fingerprint density at radius 3 is 2.41 bits per heavy atom. The maximum absolute atomic E-state index is 13.5. The van der Waals surface area contributed by atoms with Crippen LogP contribution in [0.5, 0.6) is 0 Å². The van der Waals surface area contributed by atoms with Crippen molar-refractivity contribution in [3.8, 4) is 0 Å². The standard InChI is InChI=1S/C36H52O5/c1-23(2)30(37)14-11-24(3)27-12-13-28-32-29(15-16-35(27,28)5)34(4)17-18-36(39-19-20-40-36)22-26(34)21-31(32)41-33(38)25-9-7-6-8-10-25/h6-11,14,23-24,26-32,37H,12-13,15-22H2,1-5H3/b14-11+/t24-,26+,27-,28?,29?,30-,31-,32?,34+,35-/m1/s1/i30D. The number of fused-ring (bicyclic) bond motifs is 5. The number of benzene rings is 1. The highest BCUT2D eigenvalue weighted by atomic mass is 16.7. The first-order chi connectivity index (χ1) is 19.9. The predicted octanol–water partition coefficient (Wildman–Crippen LogP) is 7.43. The highest BCUT2D eigenvalue weighted by Crippen LogP contribution is 2.69. The number of esters is 1. The molecule has 5 fully saturated rings. The van der Waals surface area contributed by atoms with E-state index in [0.717, 1.165) is 44.9 Å². The molecule has 0 aromatic heterocycles. The van der Waals surface area contributed by atoms with Crippen LogP contribution in [0.4, 0.5) is 0 Å². The molecule has 1 aromatic rings. The van der Waals surface area contributed by atoms with Gasteiger partial charge in [-0.15, -0.1) is 0 Å². The molecule has 1 saturated heterocycles. The van der Waals surface area contributed by atoms with Gasteiger partial charge in [0.15, 0.2) is 5.79 Å². The summed E-state index contributed by atoms with van der Waals surface area (Å²) in [6.45, 7) is 12.4. The van der Waals surface area contributed by atoms with Crippen molar-refractivity contribution in [2.24, 2.45) is 52.3 Å². The lowest BCUT2D eigenvalue weighted by Gasteiger charge is -2.63. The predicted molar refractivity (Wildman–Crippen MR) is 160 cm³/mol. The molecule has 1 aliphatic heterocycles. The Morgan fingerprint density at radius 1 is 1.00 bits per heavy atom. The minimum absolute atomic E-state index is 0.120. The van der Waals surface area contributed by atoms with Crippen LogP contribution >= 0.6 is 0 Å². The van der Waals surface area contributed by atoms with Crippen molar-refractivity contribution in [2.45, 2.75) is 104 Å². The van der Waals surface area contributed by atoms with Crippen molar-refractivity contribution >= 4 is 5.97 Å². The molecule has 41 heavy (non-hydrogen) atoms. The van der Waals surface area contributed by atoms with Crippen LogP contribution in [0.1, 0.15) is 97.7 Å². The van der Waals surface area contributed by atoms with Crippen LogP contribution in [0.25, 0.3) is 0 Å².